The molecule has 0 fully saturated rings. The Morgan fingerprint density at radius 2 is 1.92 bits per heavy atom. The highest BCUT2D eigenvalue weighted by Gasteiger charge is 2.34. The van der Waals surface area contributed by atoms with Crippen LogP contribution in [0.25, 0.3) is 0 Å². The molecule has 2 unspecified atom stereocenters. The van der Waals surface area contributed by atoms with Gasteiger partial charge >= 0.3 is 0 Å². The highest BCUT2D eigenvalue weighted by atomic mass is 19.1. The van der Waals surface area contributed by atoms with Crippen LogP contribution in [0.15, 0.2) is 48.5 Å². The zero-order chi connectivity index (χ0) is 18.7. The summed E-state index contributed by atoms with van der Waals surface area (Å²) >= 11 is 0. The molecule has 136 valence electrons. The smallest absolute Gasteiger partial charge is 0.258 e. The summed E-state index contributed by atoms with van der Waals surface area (Å²) in [4.78, 5) is 26.5. The molecule has 0 aliphatic carbocycles. The average Bonchev–Trinajstić information content (AvgIpc) is 2.75. The lowest BCUT2D eigenvalue weighted by atomic mass is 10.0. The van der Waals surface area contributed by atoms with Gasteiger partial charge in [-0.1, -0.05) is 31.2 Å². The fourth-order valence-corrected chi connectivity index (χ4v) is 2.95. The van der Waals surface area contributed by atoms with Crippen molar-refractivity contribution in [3.8, 4) is 0 Å². The molecule has 1 heterocycles. The Morgan fingerprint density at radius 1 is 1.19 bits per heavy atom. The van der Waals surface area contributed by atoms with Crippen molar-refractivity contribution in [2.45, 2.75) is 25.8 Å². The van der Waals surface area contributed by atoms with Crippen molar-refractivity contribution in [1.82, 2.24) is 0 Å². The monoisotopic (exact) mass is 355 g/mol. The van der Waals surface area contributed by atoms with E-state index in [0.717, 1.165) is 5.56 Å². The molecule has 26 heavy (non-hydrogen) atoms. The molecule has 0 saturated heterocycles. The van der Waals surface area contributed by atoms with Gasteiger partial charge in [-0.2, -0.15) is 0 Å². The van der Waals surface area contributed by atoms with Crippen molar-refractivity contribution in [1.29, 1.82) is 0 Å². The number of hydrogen-bond acceptors (Lipinski definition) is 3. The lowest BCUT2D eigenvalue weighted by molar-refractivity contribution is -0.126. The maximum atomic E-state index is 12.8. The second kappa shape index (κ2) is 7.66. The van der Waals surface area contributed by atoms with Crippen molar-refractivity contribution in [3.05, 3.63) is 54.1 Å². The highest BCUT2D eigenvalue weighted by molar-refractivity contribution is 6.21. The topological polar surface area (TPSA) is 75.4 Å². The Kier molecular flexibility index (Phi) is 5.32. The van der Waals surface area contributed by atoms with Crippen LogP contribution in [0.4, 0.5) is 21.5 Å². The number of nitrogens with two attached hydrogens (primary N) is 1. The molecule has 5 nitrogen and oxygen atoms in total. The lowest BCUT2D eigenvalue weighted by Gasteiger charge is -2.24. The maximum absolute atomic E-state index is 12.8. The largest absolute Gasteiger partial charge is 0.322 e. The van der Waals surface area contributed by atoms with E-state index in [1.807, 2.05) is 37.3 Å². The number of halogens is 1. The Labute approximate surface area is 152 Å². The number of carbonyl (C=O) groups excluding carboxylic acids is 2. The third kappa shape index (κ3) is 3.60. The van der Waals surface area contributed by atoms with Crippen LogP contribution in [0.2, 0.25) is 0 Å². The first-order valence-electron chi connectivity index (χ1n) is 8.65. The Balaban J connectivity index is 2.00. The molecular weight excluding hydrogens is 333 g/mol. The summed E-state index contributed by atoms with van der Waals surface area (Å²) in [6, 6.07) is 13.3. The van der Waals surface area contributed by atoms with Crippen molar-refractivity contribution in [3.63, 3.8) is 0 Å². The number of rotatable bonds is 5. The predicted molar refractivity (Wildman–Crippen MR) is 100 cm³/mol. The van der Waals surface area contributed by atoms with Crippen LogP contribution in [-0.2, 0) is 16.0 Å². The van der Waals surface area contributed by atoms with Crippen LogP contribution in [-0.4, -0.2) is 24.5 Å². The molecule has 1 aliphatic heterocycles. The molecule has 2 atom stereocenters. The van der Waals surface area contributed by atoms with Crippen LogP contribution in [0, 0.1) is 5.92 Å². The number of hydrogen-bond donors (Lipinski definition) is 2. The maximum Gasteiger partial charge on any atom is 0.258 e. The van der Waals surface area contributed by atoms with E-state index >= 15 is 0 Å². The summed E-state index contributed by atoms with van der Waals surface area (Å²) in [5.74, 6) is -1.03. The summed E-state index contributed by atoms with van der Waals surface area (Å²) in [6.45, 7) is 1.51. The van der Waals surface area contributed by atoms with Gasteiger partial charge in [-0.25, -0.2) is 0 Å². The lowest BCUT2D eigenvalue weighted by Crippen LogP contribution is -2.46. The molecule has 2 aromatic carbocycles. The van der Waals surface area contributed by atoms with Crippen LogP contribution in [0.5, 0.6) is 0 Å². The van der Waals surface area contributed by atoms with Crippen molar-refractivity contribution in [2.75, 3.05) is 16.9 Å². The highest BCUT2D eigenvalue weighted by Crippen LogP contribution is 2.35. The predicted octanol–water partition coefficient (Wildman–Crippen LogP) is 3.17. The van der Waals surface area contributed by atoms with Gasteiger partial charge in [0, 0.05) is 5.69 Å². The number of carbonyl (C=O) groups is 2. The second-order valence-corrected chi connectivity index (χ2v) is 6.63. The van der Waals surface area contributed by atoms with E-state index in [2.05, 4.69) is 5.32 Å². The first-order chi connectivity index (χ1) is 12.5. The second-order valence-electron chi connectivity index (χ2n) is 6.63. The minimum atomic E-state index is -1.28. The normalized spacial score (nSPS) is 18.1. The van der Waals surface area contributed by atoms with Gasteiger partial charge in [0.05, 0.1) is 18.0 Å². The molecule has 0 aromatic heterocycles. The number of aryl methyl sites for hydroxylation is 1. The van der Waals surface area contributed by atoms with E-state index < -0.39 is 17.9 Å². The molecule has 0 saturated carbocycles. The molecule has 0 bridgehead atoms. The number of alkyl halides is 1. The van der Waals surface area contributed by atoms with Crippen molar-refractivity contribution < 1.29 is 14.0 Å². The summed E-state index contributed by atoms with van der Waals surface area (Å²) in [6.07, 6.45) is 1.41. The zero-order valence-corrected chi connectivity index (χ0v) is 14.6. The van der Waals surface area contributed by atoms with E-state index in [1.54, 1.807) is 18.2 Å². The third-order valence-corrected chi connectivity index (χ3v) is 4.53. The molecule has 3 N–H and O–H groups in total. The van der Waals surface area contributed by atoms with Crippen LogP contribution in [0.1, 0.15) is 18.9 Å². The van der Waals surface area contributed by atoms with Crippen molar-refractivity contribution >= 4 is 28.9 Å². The van der Waals surface area contributed by atoms with Crippen LogP contribution < -0.4 is 16.0 Å². The fraction of sp³-hybridized carbons (Fsp3) is 0.300. The van der Waals surface area contributed by atoms with Crippen molar-refractivity contribution in [2.24, 2.45) is 11.7 Å². The number of nitrogens with zero attached hydrogens (tertiary/aromatic N) is 1. The number of nitrogens with one attached hydrogen (secondary N) is 1. The van der Waals surface area contributed by atoms with E-state index in [-0.39, 0.29) is 12.6 Å². The minimum Gasteiger partial charge on any atom is -0.322 e. The molecule has 3 rings (SSSR count). The summed E-state index contributed by atoms with van der Waals surface area (Å²) in [7, 11) is 0. The minimum absolute atomic E-state index is 0.0146. The number of amides is 2. The SMILES string of the molecule is CC(CF)CCc1ccc2c(c1)NC(=O)C(N)C(=O)N2c1ccccc1. The summed E-state index contributed by atoms with van der Waals surface area (Å²) < 4.78 is 12.7. The molecular formula is C20H22FN3O2. The molecule has 6 heteroatoms. The Bertz CT molecular complexity index is 810. The first kappa shape index (κ1) is 18.1. The molecule has 2 amide bonds. The Hall–Kier alpha value is -2.73. The van der Waals surface area contributed by atoms with E-state index in [9.17, 15) is 14.0 Å². The van der Waals surface area contributed by atoms with Gasteiger partial charge in [-0.05, 0) is 48.6 Å². The first-order valence-corrected chi connectivity index (χ1v) is 8.65. The number of anilines is 3. The Morgan fingerprint density at radius 3 is 2.62 bits per heavy atom. The van der Waals surface area contributed by atoms with Gasteiger partial charge in [-0.3, -0.25) is 18.9 Å². The zero-order valence-electron chi connectivity index (χ0n) is 14.6. The third-order valence-electron chi connectivity index (χ3n) is 4.53. The quantitative estimate of drug-likeness (QED) is 0.809. The van der Waals surface area contributed by atoms with E-state index in [1.165, 1.54) is 4.90 Å². The summed E-state index contributed by atoms with van der Waals surface area (Å²) in [5.41, 5.74) is 8.56. The fourth-order valence-electron chi connectivity index (χ4n) is 2.95. The summed E-state index contributed by atoms with van der Waals surface area (Å²) in [5, 5.41) is 2.74. The van der Waals surface area contributed by atoms with E-state index in [0.29, 0.717) is 29.9 Å². The number of fused-ring (bicyclic) bond motifs is 1. The van der Waals surface area contributed by atoms with Gasteiger partial charge in [0.25, 0.3) is 11.8 Å². The number of para-hydroxylation sites is 1. The standard InChI is InChI=1S/C20H22FN3O2/c1-13(12-21)7-8-14-9-10-17-16(11-14)23-19(25)18(22)20(26)24(17)15-5-3-2-4-6-15/h2-6,9-11,13,18H,7-8,12,22H2,1H3,(H,23,25). The van der Waals surface area contributed by atoms with Gasteiger partial charge in [0.2, 0.25) is 0 Å². The average molecular weight is 355 g/mol. The van der Waals surface area contributed by atoms with Gasteiger partial charge in [0.1, 0.15) is 0 Å². The van der Waals surface area contributed by atoms with E-state index in [4.69, 9.17) is 5.73 Å². The van der Waals surface area contributed by atoms with Gasteiger partial charge in [-0.15, -0.1) is 0 Å². The van der Waals surface area contributed by atoms with Crippen LogP contribution in [0.3, 0.4) is 0 Å². The van der Waals surface area contributed by atoms with Gasteiger partial charge < -0.3 is 11.1 Å². The molecule has 0 radical (unpaired) electrons. The van der Waals surface area contributed by atoms with Gasteiger partial charge in [0.15, 0.2) is 6.04 Å². The molecule has 0 spiro atoms. The van der Waals surface area contributed by atoms with Crippen LogP contribution >= 0.6 is 0 Å². The number of benzene rings is 2. The molecule has 1 aliphatic rings. The molecule has 2 aromatic rings.